The Morgan fingerprint density at radius 1 is 1.27 bits per heavy atom. The van der Waals surface area contributed by atoms with Crippen molar-refractivity contribution in [2.75, 3.05) is 6.61 Å². The average molecular weight is 457 g/mol. The molecule has 0 aliphatic heterocycles. The van der Waals surface area contributed by atoms with Crippen molar-refractivity contribution in [2.24, 2.45) is 5.73 Å². The summed E-state index contributed by atoms with van der Waals surface area (Å²) in [4.78, 5) is 21.0. The van der Waals surface area contributed by atoms with E-state index in [4.69, 9.17) is 32.0 Å². The first-order valence-corrected chi connectivity index (χ1v) is 9.30. The van der Waals surface area contributed by atoms with Crippen molar-refractivity contribution < 1.29 is 42.1 Å². The van der Waals surface area contributed by atoms with Gasteiger partial charge in [-0.1, -0.05) is 11.6 Å². The Morgan fingerprint density at radius 3 is 2.30 bits per heavy atom. The number of carboxylic acid groups (broad SMARTS) is 1. The number of ether oxygens (including phenoxy) is 1. The Labute approximate surface area is 174 Å². The summed E-state index contributed by atoms with van der Waals surface area (Å²) in [6, 6.07) is 4.02. The van der Waals surface area contributed by atoms with Crippen LogP contribution in [0.1, 0.15) is 32.1 Å². The number of halogens is 5. The summed E-state index contributed by atoms with van der Waals surface area (Å²) in [5.41, 5.74) is 5.24. The minimum Gasteiger partial charge on any atom is -0.484 e. The van der Waals surface area contributed by atoms with Crippen molar-refractivity contribution in [3.05, 3.63) is 29.0 Å². The van der Waals surface area contributed by atoms with Gasteiger partial charge >= 0.3 is 12.1 Å². The molecule has 0 aromatic heterocycles. The van der Waals surface area contributed by atoms with Crippen molar-refractivity contribution in [3.8, 4) is 5.75 Å². The second kappa shape index (κ2) is 8.94. The Hall–Kier alpha value is -2.11. The topological polar surface area (TPSA) is 122 Å². The number of amides is 1. The van der Waals surface area contributed by atoms with Gasteiger partial charge in [-0.05, 0) is 44.2 Å². The third kappa shape index (κ3) is 5.96. The van der Waals surface area contributed by atoms with E-state index in [9.17, 15) is 27.5 Å². The molecule has 168 valence electrons. The molecular weight excluding hydrogens is 436 g/mol. The molecule has 0 spiro atoms. The van der Waals surface area contributed by atoms with Crippen LogP contribution in [0.5, 0.6) is 5.75 Å². The predicted molar refractivity (Wildman–Crippen MR) is 97.5 cm³/mol. The highest BCUT2D eigenvalue weighted by Gasteiger charge is 2.52. The Morgan fingerprint density at radius 2 is 1.83 bits per heavy atom. The smallest absolute Gasteiger partial charge is 0.484 e. The molecule has 3 aliphatic carbocycles. The molecule has 1 aromatic carbocycles. The van der Waals surface area contributed by atoms with Gasteiger partial charge < -0.3 is 26.0 Å². The molecule has 7 nitrogen and oxygen atoms in total. The zero-order valence-corrected chi connectivity index (χ0v) is 16.4. The van der Waals surface area contributed by atoms with Gasteiger partial charge in [-0.25, -0.2) is 9.18 Å². The quantitative estimate of drug-likeness (QED) is 0.516. The van der Waals surface area contributed by atoms with Gasteiger partial charge in [0.05, 0.1) is 11.1 Å². The largest absolute Gasteiger partial charge is 0.490 e. The maximum absolute atomic E-state index is 13.3. The molecule has 5 N–H and O–H groups in total. The zero-order chi connectivity index (χ0) is 22.7. The van der Waals surface area contributed by atoms with Crippen molar-refractivity contribution in [1.82, 2.24) is 5.32 Å². The molecule has 3 aliphatic rings. The molecule has 1 aromatic rings. The SMILES string of the molecule is NC12CCC(NC(=O)COc3ccc(Cl)c(F)c3)(CC1)C[C@@H]2O.O=C(O)C(F)(F)F. The zero-order valence-electron chi connectivity index (χ0n) is 15.6. The third-order valence-corrected chi connectivity index (χ3v) is 5.60. The Balaban J connectivity index is 0.000000396. The van der Waals surface area contributed by atoms with Crippen LogP contribution in [0.15, 0.2) is 18.2 Å². The summed E-state index contributed by atoms with van der Waals surface area (Å²) < 4.78 is 50.4. The van der Waals surface area contributed by atoms with E-state index in [-0.39, 0.29) is 23.3 Å². The summed E-state index contributed by atoms with van der Waals surface area (Å²) >= 11 is 5.59. The van der Waals surface area contributed by atoms with Crippen LogP contribution in [0.3, 0.4) is 0 Å². The highest BCUT2D eigenvalue weighted by molar-refractivity contribution is 6.30. The molecule has 0 unspecified atom stereocenters. The van der Waals surface area contributed by atoms with Crippen LogP contribution < -0.4 is 15.8 Å². The molecular formula is C18H21ClF4N2O5. The minimum atomic E-state index is -5.08. The van der Waals surface area contributed by atoms with Crippen molar-refractivity contribution in [2.45, 2.75) is 55.5 Å². The van der Waals surface area contributed by atoms with Gasteiger partial charge in [0.25, 0.3) is 5.91 Å². The molecule has 4 rings (SSSR count). The number of carbonyl (C=O) groups excluding carboxylic acids is 1. The van der Waals surface area contributed by atoms with E-state index in [1.807, 2.05) is 0 Å². The number of nitrogens with two attached hydrogens (primary N) is 1. The summed E-state index contributed by atoms with van der Waals surface area (Å²) in [5, 5.41) is 20.2. The first-order valence-electron chi connectivity index (χ1n) is 8.92. The van der Waals surface area contributed by atoms with E-state index in [0.29, 0.717) is 19.3 Å². The van der Waals surface area contributed by atoms with E-state index in [2.05, 4.69) is 5.32 Å². The number of hydrogen-bond donors (Lipinski definition) is 4. The van der Waals surface area contributed by atoms with Crippen LogP contribution >= 0.6 is 11.6 Å². The highest BCUT2D eigenvalue weighted by atomic mass is 35.5. The van der Waals surface area contributed by atoms with Crippen LogP contribution in [0, 0.1) is 5.82 Å². The van der Waals surface area contributed by atoms with Gasteiger partial charge in [0.1, 0.15) is 11.6 Å². The molecule has 1 atom stereocenters. The van der Waals surface area contributed by atoms with Crippen LogP contribution in [-0.4, -0.2) is 52.1 Å². The average Bonchev–Trinajstić information content (AvgIpc) is 2.64. The number of carbonyl (C=O) groups is 2. The molecule has 0 radical (unpaired) electrons. The maximum Gasteiger partial charge on any atom is 0.490 e. The Bertz CT molecular complexity index is 797. The van der Waals surface area contributed by atoms with Crippen molar-refractivity contribution >= 4 is 23.5 Å². The normalized spacial score (nSPS) is 27.6. The fourth-order valence-electron chi connectivity index (χ4n) is 3.53. The van der Waals surface area contributed by atoms with Gasteiger partial charge in [-0.3, -0.25) is 4.79 Å². The van der Waals surface area contributed by atoms with Gasteiger partial charge in [0.2, 0.25) is 0 Å². The number of rotatable bonds is 4. The lowest BCUT2D eigenvalue weighted by molar-refractivity contribution is -0.192. The number of aliphatic hydroxyl groups excluding tert-OH is 1. The first kappa shape index (κ1) is 24.2. The summed E-state index contributed by atoms with van der Waals surface area (Å²) in [6.45, 7) is -0.216. The summed E-state index contributed by atoms with van der Waals surface area (Å²) in [6.07, 6.45) is -2.33. The molecule has 0 heterocycles. The van der Waals surface area contributed by atoms with Crippen LogP contribution in [0.25, 0.3) is 0 Å². The number of fused-ring (bicyclic) bond motifs is 3. The summed E-state index contributed by atoms with van der Waals surface area (Å²) in [7, 11) is 0. The lowest BCUT2D eigenvalue weighted by Crippen LogP contribution is -2.68. The minimum absolute atomic E-state index is 0.00403. The maximum atomic E-state index is 13.3. The number of alkyl halides is 3. The number of benzene rings is 1. The van der Waals surface area contributed by atoms with E-state index in [0.717, 1.165) is 18.9 Å². The predicted octanol–water partition coefficient (Wildman–Crippen LogP) is 2.38. The second-order valence-electron chi connectivity index (χ2n) is 7.45. The molecule has 30 heavy (non-hydrogen) atoms. The lowest BCUT2D eigenvalue weighted by Gasteiger charge is -2.54. The molecule has 1 amide bonds. The molecule has 12 heteroatoms. The van der Waals surface area contributed by atoms with Crippen LogP contribution in [0.4, 0.5) is 17.6 Å². The van der Waals surface area contributed by atoms with Crippen LogP contribution in [-0.2, 0) is 9.59 Å². The first-order chi connectivity index (χ1) is 13.8. The van der Waals surface area contributed by atoms with Crippen LogP contribution in [0.2, 0.25) is 5.02 Å². The Kier molecular flexibility index (Phi) is 7.20. The van der Waals surface area contributed by atoms with E-state index in [1.54, 1.807) is 0 Å². The van der Waals surface area contributed by atoms with E-state index >= 15 is 0 Å². The number of carboxylic acids is 1. The standard InChI is InChI=1S/C16H20ClFN2O3.C2HF3O2/c17-11-2-1-10(7-12(11)18)23-9-14(22)20-15-3-5-16(19,6-4-15)13(21)8-15;3-2(4,5)1(6)7/h1-2,7,13,21H,3-6,8-9,19H2,(H,20,22);(H,6,7)/t13-,15?,16?;/m0./s1. The lowest BCUT2D eigenvalue weighted by atomic mass is 9.60. The molecule has 2 bridgehead atoms. The summed E-state index contributed by atoms with van der Waals surface area (Å²) in [5.74, 6) is -3.40. The highest BCUT2D eigenvalue weighted by Crippen LogP contribution is 2.45. The molecule has 3 fully saturated rings. The number of hydrogen-bond acceptors (Lipinski definition) is 5. The number of nitrogens with one attached hydrogen (secondary N) is 1. The van der Waals surface area contributed by atoms with Crippen molar-refractivity contribution in [3.63, 3.8) is 0 Å². The molecule has 0 saturated heterocycles. The van der Waals surface area contributed by atoms with Gasteiger partial charge in [-0.2, -0.15) is 13.2 Å². The monoisotopic (exact) mass is 456 g/mol. The number of aliphatic hydroxyl groups is 1. The molecule has 3 saturated carbocycles. The van der Waals surface area contributed by atoms with E-state index < -0.39 is 35.1 Å². The number of aliphatic carboxylic acids is 1. The third-order valence-electron chi connectivity index (χ3n) is 5.29. The fourth-order valence-corrected chi connectivity index (χ4v) is 3.65. The van der Waals surface area contributed by atoms with E-state index in [1.165, 1.54) is 12.1 Å². The second-order valence-corrected chi connectivity index (χ2v) is 7.86. The van der Waals surface area contributed by atoms with Gasteiger partial charge in [0.15, 0.2) is 6.61 Å². The fraction of sp³-hybridized carbons (Fsp3) is 0.556. The van der Waals surface area contributed by atoms with Gasteiger partial charge in [0, 0.05) is 17.1 Å². The van der Waals surface area contributed by atoms with Crippen molar-refractivity contribution in [1.29, 1.82) is 0 Å². The van der Waals surface area contributed by atoms with Gasteiger partial charge in [-0.15, -0.1) is 0 Å².